The van der Waals surface area contributed by atoms with E-state index >= 15 is 0 Å². The summed E-state index contributed by atoms with van der Waals surface area (Å²) < 4.78 is 0. The molecule has 1 aromatic heterocycles. The van der Waals surface area contributed by atoms with Crippen LogP contribution in [0.4, 0.5) is 5.69 Å². The van der Waals surface area contributed by atoms with E-state index in [1.54, 1.807) is 61.9 Å². The topological polar surface area (TPSA) is 50.3 Å². The van der Waals surface area contributed by atoms with Gasteiger partial charge in [0.15, 0.2) is 0 Å². The smallest absolute Gasteiger partial charge is 0.262 e. The number of hydrogen-bond donors (Lipinski definition) is 0. The first-order valence-electron chi connectivity index (χ1n) is 9.35. The number of amides is 1. The number of Topliss-reactive ketones (excluding diaryl/α,β-unsaturated/α-hetero) is 1. The van der Waals surface area contributed by atoms with E-state index in [0.29, 0.717) is 28.3 Å². The maximum Gasteiger partial charge on any atom is 0.262 e. The molecule has 1 aliphatic rings. The lowest BCUT2D eigenvalue weighted by Gasteiger charge is -2.26. The molecule has 30 heavy (non-hydrogen) atoms. The molecule has 0 spiro atoms. The lowest BCUT2D eigenvalue weighted by molar-refractivity contribution is -0.114. The molecule has 0 N–H and O–H groups in total. The maximum atomic E-state index is 13.1. The van der Waals surface area contributed by atoms with Gasteiger partial charge in [0.1, 0.15) is 0 Å². The van der Waals surface area contributed by atoms with E-state index in [1.165, 1.54) is 4.90 Å². The van der Waals surface area contributed by atoms with Crippen molar-refractivity contribution in [3.63, 3.8) is 0 Å². The van der Waals surface area contributed by atoms with Crippen LogP contribution in [0.2, 0.25) is 5.02 Å². The van der Waals surface area contributed by atoms with Crippen LogP contribution in [0, 0.1) is 11.8 Å². The second kappa shape index (κ2) is 8.36. The zero-order valence-corrected chi connectivity index (χ0v) is 17.0. The van der Waals surface area contributed by atoms with Crippen LogP contribution in [0.15, 0.2) is 72.6 Å². The summed E-state index contributed by atoms with van der Waals surface area (Å²) in [5.74, 6) is 5.54. The SMILES string of the molecule is CN1C(=O)C(=Cc2cccc(Cl)c2)C(=O)c2cc(C#CCc3cccnc3)ccc21. The molecule has 0 aliphatic carbocycles. The van der Waals surface area contributed by atoms with Crippen LogP contribution in [0.25, 0.3) is 6.08 Å². The lowest BCUT2D eigenvalue weighted by Crippen LogP contribution is -2.36. The molecule has 1 amide bonds. The average Bonchev–Trinajstić information content (AvgIpc) is 2.76. The highest BCUT2D eigenvalue weighted by molar-refractivity contribution is 6.36. The molecule has 0 saturated heterocycles. The van der Waals surface area contributed by atoms with Gasteiger partial charge in [-0.15, -0.1) is 0 Å². The Kier molecular flexibility index (Phi) is 5.47. The number of nitrogens with zero attached hydrogens (tertiary/aromatic N) is 2. The Morgan fingerprint density at radius 3 is 2.73 bits per heavy atom. The van der Waals surface area contributed by atoms with Gasteiger partial charge in [0.05, 0.1) is 11.3 Å². The van der Waals surface area contributed by atoms with E-state index in [-0.39, 0.29) is 17.3 Å². The molecule has 0 fully saturated rings. The Bertz CT molecular complexity index is 1240. The van der Waals surface area contributed by atoms with E-state index in [9.17, 15) is 9.59 Å². The molecule has 0 radical (unpaired) electrons. The molecule has 2 heterocycles. The first-order valence-corrected chi connectivity index (χ1v) is 9.72. The number of rotatable bonds is 2. The van der Waals surface area contributed by atoms with Crippen molar-refractivity contribution >= 4 is 35.1 Å². The number of ketones is 1. The van der Waals surface area contributed by atoms with Crippen molar-refractivity contribution in [3.05, 3.63) is 99.8 Å². The van der Waals surface area contributed by atoms with Gasteiger partial charge in [0.2, 0.25) is 5.78 Å². The Morgan fingerprint density at radius 2 is 1.97 bits per heavy atom. The van der Waals surface area contributed by atoms with Gasteiger partial charge >= 0.3 is 0 Å². The number of anilines is 1. The van der Waals surface area contributed by atoms with Gasteiger partial charge in [-0.2, -0.15) is 0 Å². The molecule has 1 aliphatic heterocycles. The maximum absolute atomic E-state index is 13.1. The summed E-state index contributed by atoms with van der Waals surface area (Å²) in [5.41, 5.74) is 3.58. The van der Waals surface area contributed by atoms with E-state index in [1.807, 2.05) is 18.2 Å². The number of hydrogen-bond acceptors (Lipinski definition) is 3. The molecule has 0 saturated carbocycles. The summed E-state index contributed by atoms with van der Waals surface area (Å²) in [6.07, 6.45) is 5.64. The Balaban J connectivity index is 1.67. The molecular formula is C25H17ClN2O2. The Morgan fingerprint density at radius 1 is 1.10 bits per heavy atom. The number of aromatic nitrogens is 1. The van der Waals surface area contributed by atoms with Crippen molar-refractivity contribution in [2.24, 2.45) is 0 Å². The van der Waals surface area contributed by atoms with E-state index in [4.69, 9.17) is 11.6 Å². The first kappa shape index (κ1) is 19.6. The van der Waals surface area contributed by atoms with Gasteiger partial charge < -0.3 is 4.90 Å². The number of pyridine rings is 1. The van der Waals surface area contributed by atoms with Crippen LogP contribution in [-0.4, -0.2) is 23.7 Å². The van der Waals surface area contributed by atoms with Crippen molar-refractivity contribution in [2.75, 3.05) is 11.9 Å². The van der Waals surface area contributed by atoms with Gasteiger partial charge in [-0.1, -0.05) is 41.6 Å². The lowest BCUT2D eigenvalue weighted by atomic mass is 9.92. The van der Waals surface area contributed by atoms with Crippen molar-refractivity contribution in [3.8, 4) is 11.8 Å². The van der Waals surface area contributed by atoms with Gasteiger partial charge in [0, 0.05) is 42.0 Å². The zero-order chi connectivity index (χ0) is 21.1. The normalized spacial score (nSPS) is 14.3. The molecule has 2 aromatic carbocycles. The Hall–Kier alpha value is -3.68. The van der Waals surface area contributed by atoms with E-state index in [0.717, 1.165) is 11.1 Å². The van der Waals surface area contributed by atoms with Crippen molar-refractivity contribution in [2.45, 2.75) is 6.42 Å². The molecule has 0 unspecified atom stereocenters. The van der Waals surface area contributed by atoms with Crippen molar-refractivity contribution in [1.29, 1.82) is 0 Å². The Labute approximate surface area is 179 Å². The number of fused-ring (bicyclic) bond motifs is 1. The number of benzene rings is 2. The standard InChI is InChI=1S/C25H17ClN2O2/c1-28-23-11-10-17(5-2-6-18-8-4-12-27-16-18)14-21(23)24(29)22(25(28)30)15-19-7-3-9-20(26)13-19/h3-4,7-16H,6H2,1H3. The second-order valence-electron chi connectivity index (χ2n) is 6.88. The number of carbonyl (C=O) groups excluding carboxylic acids is 2. The molecule has 3 aromatic rings. The summed E-state index contributed by atoms with van der Waals surface area (Å²) >= 11 is 6.03. The number of halogens is 1. The number of likely N-dealkylation sites (N-methyl/N-ethyl adjacent to an activating group) is 1. The highest BCUT2D eigenvalue weighted by Gasteiger charge is 2.32. The zero-order valence-electron chi connectivity index (χ0n) is 16.2. The summed E-state index contributed by atoms with van der Waals surface area (Å²) in [7, 11) is 1.66. The van der Waals surface area contributed by atoms with E-state index in [2.05, 4.69) is 16.8 Å². The summed E-state index contributed by atoms with van der Waals surface area (Å²) in [6, 6.07) is 16.2. The quantitative estimate of drug-likeness (QED) is 0.352. The third kappa shape index (κ3) is 4.03. The minimum Gasteiger partial charge on any atom is -0.311 e. The first-order chi connectivity index (χ1) is 14.5. The fraction of sp³-hybridized carbons (Fsp3) is 0.0800. The predicted octanol–water partition coefficient (Wildman–Crippen LogP) is 4.57. The van der Waals surface area contributed by atoms with Crippen LogP contribution >= 0.6 is 11.6 Å². The van der Waals surface area contributed by atoms with Crippen molar-refractivity contribution < 1.29 is 9.59 Å². The van der Waals surface area contributed by atoms with Crippen LogP contribution in [0.3, 0.4) is 0 Å². The minimum atomic E-state index is -0.345. The molecule has 5 heteroatoms. The highest BCUT2D eigenvalue weighted by atomic mass is 35.5. The summed E-state index contributed by atoms with van der Waals surface area (Å²) in [6.45, 7) is 0. The average molecular weight is 413 g/mol. The molecule has 0 bridgehead atoms. The van der Waals surface area contributed by atoms with Crippen LogP contribution < -0.4 is 4.90 Å². The molecule has 4 nitrogen and oxygen atoms in total. The molecule has 4 rings (SSSR count). The van der Waals surface area contributed by atoms with Gasteiger partial charge in [-0.25, -0.2) is 0 Å². The third-order valence-corrected chi connectivity index (χ3v) is 5.03. The third-order valence-electron chi connectivity index (χ3n) is 4.79. The van der Waals surface area contributed by atoms with Gasteiger partial charge in [-0.3, -0.25) is 14.6 Å². The fourth-order valence-electron chi connectivity index (χ4n) is 3.26. The largest absolute Gasteiger partial charge is 0.311 e. The van der Waals surface area contributed by atoms with Gasteiger partial charge in [0.25, 0.3) is 5.91 Å². The van der Waals surface area contributed by atoms with Crippen LogP contribution in [-0.2, 0) is 11.2 Å². The van der Waals surface area contributed by atoms with Crippen LogP contribution in [0.1, 0.15) is 27.0 Å². The van der Waals surface area contributed by atoms with Gasteiger partial charge in [-0.05, 0) is 53.6 Å². The monoisotopic (exact) mass is 412 g/mol. The predicted molar refractivity (Wildman–Crippen MR) is 118 cm³/mol. The summed E-state index contributed by atoms with van der Waals surface area (Å²) in [4.78, 5) is 31.4. The molecular weight excluding hydrogens is 396 g/mol. The van der Waals surface area contributed by atoms with E-state index < -0.39 is 0 Å². The second-order valence-corrected chi connectivity index (χ2v) is 7.31. The molecule has 0 atom stereocenters. The number of carbonyl (C=O) groups is 2. The fourth-order valence-corrected chi connectivity index (χ4v) is 3.46. The minimum absolute atomic E-state index is 0.104. The van der Waals surface area contributed by atoms with Crippen molar-refractivity contribution in [1.82, 2.24) is 4.98 Å². The molecule has 146 valence electrons. The van der Waals surface area contributed by atoms with Crippen LogP contribution in [0.5, 0.6) is 0 Å². The summed E-state index contributed by atoms with van der Waals surface area (Å²) in [5, 5.41) is 0.542. The highest BCUT2D eigenvalue weighted by Crippen LogP contribution is 2.31.